The molecule has 1 amide bonds. The number of carbonyl (C=O) groups excluding carboxylic acids is 1. The third kappa shape index (κ3) is 4.46. The lowest BCUT2D eigenvalue weighted by Gasteiger charge is -2.26. The van der Waals surface area contributed by atoms with Crippen molar-refractivity contribution >= 4 is 17.7 Å². The molecule has 0 N–H and O–H groups in total. The minimum Gasteiger partial charge on any atom is -0.490 e. The fourth-order valence-electron chi connectivity index (χ4n) is 4.02. The number of ether oxygens (including phenoxy) is 2. The van der Waals surface area contributed by atoms with Gasteiger partial charge in [0.1, 0.15) is 0 Å². The average molecular weight is 451 g/mol. The van der Waals surface area contributed by atoms with Crippen molar-refractivity contribution < 1.29 is 14.3 Å². The van der Waals surface area contributed by atoms with Gasteiger partial charge in [-0.3, -0.25) is 9.36 Å². The van der Waals surface area contributed by atoms with Crippen molar-refractivity contribution in [1.82, 2.24) is 19.7 Å². The van der Waals surface area contributed by atoms with Crippen molar-refractivity contribution in [2.75, 3.05) is 32.1 Å². The number of benzene rings is 2. The molecule has 2 aliphatic rings. The van der Waals surface area contributed by atoms with Crippen LogP contribution in [-0.4, -0.2) is 57.6 Å². The number of fused-ring (bicyclic) bond motifs is 1. The molecule has 0 radical (unpaired) electrons. The molecule has 5 rings (SSSR count). The highest BCUT2D eigenvalue weighted by atomic mass is 32.2. The van der Waals surface area contributed by atoms with Crippen molar-refractivity contribution in [1.29, 1.82) is 0 Å². The van der Waals surface area contributed by atoms with Crippen molar-refractivity contribution in [2.45, 2.75) is 30.8 Å². The van der Waals surface area contributed by atoms with Gasteiger partial charge >= 0.3 is 0 Å². The van der Waals surface area contributed by atoms with Crippen LogP contribution in [0.3, 0.4) is 0 Å². The number of hydrogen-bond acceptors (Lipinski definition) is 6. The summed E-state index contributed by atoms with van der Waals surface area (Å²) in [5, 5.41) is 9.64. The number of likely N-dealkylation sites (tertiary alicyclic amines) is 1. The average Bonchev–Trinajstić information content (AvgIpc) is 3.13. The molecule has 0 atom stereocenters. The summed E-state index contributed by atoms with van der Waals surface area (Å²) in [6, 6.07) is 15.8. The first kappa shape index (κ1) is 20.9. The Morgan fingerprint density at radius 1 is 0.906 bits per heavy atom. The van der Waals surface area contributed by atoms with E-state index in [0.29, 0.717) is 29.9 Å². The summed E-state index contributed by atoms with van der Waals surface area (Å²) in [5.74, 6) is 2.69. The lowest BCUT2D eigenvalue weighted by Crippen LogP contribution is -2.36. The summed E-state index contributed by atoms with van der Waals surface area (Å²) in [5.41, 5.74) is 1.84. The van der Waals surface area contributed by atoms with E-state index in [1.54, 1.807) is 0 Å². The number of thioether (sulfide) groups is 1. The van der Waals surface area contributed by atoms with Crippen LogP contribution in [0.5, 0.6) is 11.5 Å². The zero-order valence-corrected chi connectivity index (χ0v) is 18.7. The van der Waals surface area contributed by atoms with Crippen molar-refractivity contribution in [3.8, 4) is 28.6 Å². The van der Waals surface area contributed by atoms with Gasteiger partial charge in [0.05, 0.1) is 19.0 Å². The highest BCUT2D eigenvalue weighted by molar-refractivity contribution is 7.99. The van der Waals surface area contributed by atoms with Gasteiger partial charge in [0.15, 0.2) is 22.5 Å². The Kier molecular flexibility index (Phi) is 6.29. The summed E-state index contributed by atoms with van der Waals surface area (Å²) in [4.78, 5) is 14.7. The van der Waals surface area contributed by atoms with Gasteiger partial charge in [0, 0.05) is 30.8 Å². The van der Waals surface area contributed by atoms with Crippen LogP contribution in [0.2, 0.25) is 0 Å². The number of carbonyl (C=O) groups is 1. The standard InChI is InChI=1S/C24H26N4O3S/c29-22(27-12-5-2-6-13-27)17-32-24-26-25-23(28(24)19-8-3-1-4-9-19)18-10-11-20-21(16-18)31-15-7-14-30-20/h1,3-4,8-11,16H,2,5-7,12-15,17H2. The largest absolute Gasteiger partial charge is 0.490 e. The maximum absolute atomic E-state index is 12.7. The molecule has 166 valence electrons. The number of hydrogen-bond donors (Lipinski definition) is 0. The van der Waals surface area contributed by atoms with Crippen LogP contribution in [0.15, 0.2) is 53.7 Å². The Morgan fingerprint density at radius 3 is 2.50 bits per heavy atom. The summed E-state index contributed by atoms with van der Waals surface area (Å²) in [7, 11) is 0. The summed E-state index contributed by atoms with van der Waals surface area (Å²) < 4.78 is 13.6. The zero-order valence-electron chi connectivity index (χ0n) is 17.9. The molecule has 2 aromatic carbocycles. The van der Waals surface area contributed by atoms with Gasteiger partial charge in [-0.25, -0.2) is 0 Å². The van der Waals surface area contributed by atoms with Crippen LogP contribution in [0.4, 0.5) is 0 Å². The molecule has 1 aromatic heterocycles. The van der Waals surface area contributed by atoms with E-state index in [1.165, 1.54) is 18.2 Å². The fourth-order valence-corrected chi connectivity index (χ4v) is 4.88. The van der Waals surface area contributed by atoms with E-state index >= 15 is 0 Å². The summed E-state index contributed by atoms with van der Waals surface area (Å²) in [6.07, 6.45) is 4.24. The molecule has 0 spiro atoms. The van der Waals surface area contributed by atoms with E-state index in [0.717, 1.165) is 55.1 Å². The van der Waals surface area contributed by atoms with E-state index in [1.807, 2.05) is 58.0 Å². The predicted octanol–water partition coefficient (Wildman–Crippen LogP) is 4.20. The first-order valence-electron chi connectivity index (χ1n) is 11.1. The maximum atomic E-state index is 12.7. The highest BCUT2D eigenvalue weighted by Crippen LogP contribution is 2.35. The third-order valence-electron chi connectivity index (χ3n) is 5.69. The lowest BCUT2D eigenvalue weighted by atomic mass is 10.1. The predicted molar refractivity (Wildman–Crippen MR) is 124 cm³/mol. The minimum absolute atomic E-state index is 0.162. The first-order chi connectivity index (χ1) is 15.8. The highest BCUT2D eigenvalue weighted by Gasteiger charge is 2.21. The van der Waals surface area contributed by atoms with Gasteiger partial charge in [-0.1, -0.05) is 30.0 Å². The van der Waals surface area contributed by atoms with E-state index in [9.17, 15) is 4.79 Å². The Morgan fingerprint density at radius 2 is 1.69 bits per heavy atom. The van der Waals surface area contributed by atoms with Gasteiger partial charge < -0.3 is 14.4 Å². The van der Waals surface area contributed by atoms with Crippen LogP contribution in [-0.2, 0) is 4.79 Å². The zero-order chi connectivity index (χ0) is 21.8. The number of amides is 1. The van der Waals surface area contributed by atoms with Gasteiger partial charge in [0.2, 0.25) is 5.91 Å². The Balaban J connectivity index is 1.45. The lowest BCUT2D eigenvalue weighted by molar-refractivity contribution is -0.129. The number of piperidine rings is 1. The Hall–Kier alpha value is -3.00. The molecule has 1 saturated heterocycles. The second kappa shape index (κ2) is 9.65. The van der Waals surface area contributed by atoms with Crippen LogP contribution < -0.4 is 9.47 Å². The maximum Gasteiger partial charge on any atom is 0.233 e. The summed E-state index contributed by atoms with van der Waals surface area (Å²) >= 11 is 1.43. The minimum atomic E-state index is 0.162. The monoisotopic (exact) mass is 450 g/mol. The van der Waals surface area contributed by atoms with Gasteiger partial charge in [0.25, 0.3) is 0 Å². The second-order valence-electron chi connectivity index (χ2n) is 7.92. The van der Waals surface area contributed by atoms with E-state index < -0.39 is 0 Å². The van der Waals surface area contributed by atoms with E-state index in [2.05, 4.69) is 10.2 Å². The molecule has 3 heterocycles. The molecule has 0 bridgehead atoms. The van der Waals surface area contributed by atoms with Crippen molar-refractivity contribution in [2.24, 2.45) is 0 Å². The quantitative estimate of drug-likeness (QED) is 0.543. The molecule has 2 aliphatic heterocycles. The molecule has 0 aliphatic carbocycles. The molecule has 3 aromatic rings. The van der Waals surface area contributed by atoms with Crippen LogP contribution in [0, 0.1) is 0 Å². The number of rotatable bonds is 5. The molecule has 0 saturated carbocycles. The number of aromatic nitrogens is 3. The van der Waals surface area contributed by atoms with Gasteiger partial charge in [-0.05, 0) is 49.6 Å². The number of para-hydroxylation sites is 1. The number of nitrogens with zero attached hydrogens (tertiary/aromatic N) is 4. The Bertz CT molecular complexity index is 1080. The van der Waals surface area contributed by atoms with Crippen LogP contribution >= 0.6 is 11.8 Å². The molecule has 1 fully saturated rings. The van der Waals surface area contributed by atoms with E-state index in [4.69, 9.17) is 9.47 Å². The third-order valence-corrected chi connectivity index (χ3v) is 6.60. The Labute approximate surface area is 191 Å². The topological polar surface area (TPSA) is 69.5 Å². The second-order valence-corrected chi connectivity index (χ2v) is 8.86. The first-order valence-corrected chi connectivity index (χ1v) is 12.1. The normalized spacial score (nSPS) is 15.9. The summed E-state index contributed by atoms with van der Waals surface area (Å²) in [6.45, 7) is 2.99. The molecular formula is C24H26N4O3S. The van der Waals surface area contributed by atoms with Crippen molar-refractivity contribution in [3.63, 3.8) is 0 Å². The van der Waals surface area contributed by atoms with Gasteiger partial charge in [-0.2, -0.15) is 0 Å². The van der Waals surface area contributed by atoms with Crippen LogP contribution in [0.25, 0.3) is 17.1 Å². The smallest absolute Gasteiger partial charge is 0.233 e. The molecule has 8 heteroatoms. The SMILES string of the molecule is O=C(CSc1nnc(-c2ccc3c(c2)OCCCO3)n1-c1ccccc1)N1CCCCC1. The molecular weight excluding hydrogens is 424 g/mol. The van der Waals surface area contributed by atoms with E-state index in [-0.39, 0.29) is 5.91 Å². The molecule has 7 nitrogen and oxygen atoms in total. The van der Waals surface area contributed by atoms with Crippen LogP contribution in [0.1, 0.15) is 25.7 Å². The molecule has 0 unspecified atom stereocenters. The van der Waals surface area contributed by atoms with Crippen molar-refractivity contribution in [3.05, 3.63) is 48.5 Å². The molecule has 32 heavy (non-hydrogen) atoms. The fraction of sp³-hybridized carbons (Fsp3) is 0.375. The van der Waals surface area contributed by atoms with Gasteiger partial charge in [-0.15, -0.1) is 10.2 Å².